The predicted octanol–water partition coefficient (Wildman–Crippen LogP) is 6.55. The number of hydrogen-bond acceptors (Lipinski definition) is 1. The monoisotopic (exact) mass is 364 g/mol. The van der Waals surface area contributed by atoms with Crippen LogP contribution in [0.2, 0.25) is 0 Å². The van der Waals surface area contributed by atoms with Crippen molar-refractivity contribution in [2.45, 2.75) is 37.7 Å². The van der Waals surface area contributed by atoms with Gasteiger partial charge in [-0.2, -0.15) is 8.78 Å². The number of ether oxygens (including phenoxy) is 1. The van der Waals surface area contributed by atoms with Crippen molar-refractivity contribution in [1.29, 1.82) is 0 Å². The molecule has 1 fully saturated rings. The Bertz CT molecular complexity index is 762. The summed E-state index contributed by atoms with van der Waals surface area (Å²) in [6.45, 7) is 3.82. The number of hydrogen-bond donors (Lipinski definition) is 0. The van der Waals surface area contributed by atoms with Gasteiger partial charge in [-0.3, -0.25) is 0 Å². The lowest BCUT2D eigenvalue weighted by molar-refractivity contribution is -0.185. The molecule has 1 aliphatic carbocycles. The Morgan fingerprint density at radius 3 is 2.15 bits per heavy atom. The van der Waals surface area contributed by atoms with Crippen LogP contribution in [0.4, 0.5) is 17.6 Å². The summed E-state index contributed by atoms with van der Waals surface area (Å²) in [6.07, 6.45) is 2.49. The molecule has 1 nitrogen and oxygen atoms in total. The highest BCUT2D eigenvalue weighted by Gasteiger charge is 2.35. The molecule has 0 saturated heterocycles. The molecule has 0 amide bonds. The fraction of sp³-hybridized carbons (Fsp3) is 0.333. The topological polar surface area (TPSA) is 9.23 Å². The fourth-order valence-corrected chi connectivity index (χ4v) is 3.38. The Kier molecular flexibility index (Phi) is 5.35. The molecule has 0 aliphatic heterocycles. The third-order valence-electron chi connectivity index (χ3n) is 4.96. The second kappa shape index (κ2) is 7.52. The molecule has 0 unspecified atom stereocenters. The first kappa shape index (κ1) is 18.5. The van der Waals surface area contributed by atoms with Crippen molar-refractivity contribution in [2.75, 3.05) is 0 Å². The second-order valence-electron chi connectivity index (χ2n) is 6.66. The summed E-state index contributed by atoms with van der Waals surface area (Å²) in [7, 11) is 0. The van der Waals surface area contributed by atoms with Crippen molar-refractivity contribution in [3.8, 4) is 5.75 Å². The first-order valence-corrected chi connectivity index (χ1v) is 8.64. The SMILES string of the molecule is C=CC1CCC(c2ccc(C(F)(F)Oc3ccc(F)c(F)c3)cc2)CC1. The fourth-order valence-electron chi connectivity index (χ4n) is 3.38. The van der Waals surface area contributed by atoms with Gasteiger partial charge in [-0.1, -0.05) is 18.2 Å². The molecule has 0 heterocycles. The van der Waals surface area contributed by atoms with E-state index in [2.05, 4.69) is 11.3 Å². The van der Waals surface area contributed by atoms with Gasteiger partial charge in [0.15, 0.2) is 11.6 Å². The number of benzene rings is 2. The normalized spacial score (nSPS) is 20.6. The zero-order valence-corrected chi connectivity index (χ0v) is 14.2. The van der Waals surface area contributed by atoms with Crippen LogP contribution in [0.1, 0.15) is 42.7 Å². The van der Waals surface area contributed by atoms with Crippen LogP contribution >= 0.6 is 0 Å². The van der Waals surface area contributed by atoms with Crippen molar-refractivity contribution in [1.82, 2.24) is 0 Å². The van der Waals surface area contributed by atoms with Crippen molar-refractivity contribution >= 4 is 0 Å². The van der Waals surface area contributed by atoms with Crippen LogP contribution in [0.3, 0.4) is 0 Å². The number of halogens is 4. The predicted molar refractivity (Wildman–Crippen MR) is 92.2 cm³/mol. The van der Waals surface area contributed by atoms with Crippen LogP contribution in [0.25, 0.3) is 0 Å². The molecule has 5 heteroatoms. The van der Waals surface area contributed by atoms with Crippen molar-refractivity contribution in [2.24, 2.45) is 5.92 Å². The molecule has 0 atom stereocenters. The van der Waals surface area contributed by atoms with E-state index < -0.39 is 23.5 Å². The van der Waals surface area contributed by atoms with Gasteiger partial charge in [0, 0.05) is 6.07 Å². The maximum absolute atomic E-state index is 14.3. The van der Waals surface area contributed by atoms with Crippen LogP contribution in [0.5, 0.6) is 5.75 Å². The Labute approximate surface area is 150 Å². The third-order valence-corrected chi connectivity index (χ3v) is 4.96. The average Bonchev–Trinajstić information content (AvgIpc) is 2.65. The molecular formula is C21H20F4O. The van der Waals surface area contributed by atoms with E-state index in [0.717, 1.165) is 43.4 Å². The number of rotatable bonds is 5. The van der Waals surface area contributed by atoms with E-state index >= 15 is 0 Å². The molecule has 0 aromatic heterocycles. The van der Waals surface area contributed by atoms with Crippen LogP contribution in [-0.4, -0.2) is 0 Å². The minimum absolute atomic E-state index is 0.328. The molecule has 3 rings (SSSR count). The molecule has 1 aliphatic rings. The van der Waals surface area contributed by atoms with E-state index in [1.165, 1.54) is 12.1 Å². The average molecular weight is 364 g/mol. The third kappa shape index (κ3) is 4.09. The summed E-state index contributed by atoms with van der Waals surface area (Å²) in [6, 6.07) is 8.37. The van der Waals surface area contributed by atoms with E-state index in [0.29, 0.717) is 17.9 Å². The van der Waals surface area contributed by atoms with Gasteiger partial charge >= 0.3 is 6.11 Å². The van der Waals surface area contributed by atoms with Gasteiger partial charge < -0.3 is 4.74 Å². The summed E-state index contributed by atoms with van der Waals surface area (Å²) in [5, 5.41) is 0. The number of alkyl halides is 2. The lowest BCUT2D eigenvalue weighted by Gasteiger charge is -2.27. The molecule has 26 heavy (non-hydrogen) atoms. The molecule has 2 aromatic carbocycles. The Morgan fingerprint density at radius 2 is 1.58 bits per heavy atom. The maximum atomic E-state index is 14.3. The first-order valence-electron chi connectivity index (χ1n) is 8.64. The zero-order valence-electron chi connectivity index (χ0n) is 14.2. The van der Waals surface area contributed by atoms with E-state index in [1.807, 2.05) is 6.08 Å². The van der Waals surface area contributed by atoms with Crippen molar-refractivity contribution < 1.29 is 22.3 Å². The van der Waals surface area contributed by atoms with Gasteiger partial charge in [-0.25, -0.2) is 8.78 Å². The summed E-state index contributed by atoms with van der Waals surface area (Å²) < 4.78 is 59.2. The summed E-state index contributed by atoms with van der Waals surface area (Å²) in [5.41, 5.74) is 0.700. The van der Waals surface area contributed by atoms with Crippen molar-refractivity contribution in [3.05, 3.63) is 77.9 Å². The number of allylic oxidation sites excluding steroid dienone is 1. The molecule has 138 valence electrons. The van der Waals surface area contributed by atoms with E-state index in [4.69, 9.17) is 0 Å². The highest BCUT2D eigenvalue weighted by molar-refractivity contribution is 5.30. The molecule has 1 saturated carbocycles. The lowest BCUT2D eigenvalue weighted by atomic mass is 9.79. The second-order valence-corrected chi connectivity index (χ2v) is 6.66. The quantitative estimate of drug-likeness (QED) is 0.432. The summed E-state index contributed by atoms with van der Waals surface area (Å²) in [4.78, 5) is 0. The van der Waals surface area contributed by atoms with Crippen LogP contribution in [0, 0.1) is 17.6 Å². The van der Waals surface area contributed by atoms with Crippen LogP contribution in [-0.2, 0) is 6.11 Å². The Hall–Kier alpha value is -2.30. The van der Waals surface area contributed by atoms with E-state index in [9.17, 15) is 17.6 Å². The summed E-state index contributed by atoms with van der Waals surface area (Å²) >= 11 is 0. The van der Waals surface area contributed by atoms with Gasteiger partial charge in [0.1, 0.15) is 5.75 Å². The molecule has 2 aromatic rings. The Morgan fingerprint density at radius 1 is 0.923 bits per heavy atom. The minimum Gasteiger partial charge on any atom is -0.429 e. The maximum Gasteiger partial charge on any atom is 0.426 e. The zero-order chi connectivity index (χ0) is 18.7. The van der Waals surface area contributed by atoms with Gasteiger partial charge in [0.05, 0.1) is 5.56 Å². The van der Waals surface area contributed by atoms with Gasteiger partial charge in [-0.05, 0) is 67.3 Å². The lowest BCUT2D eigenvalue weighted by Crippen LogP contribution is -2.22. The molecule has 0 radical (unpaired) electrons. The Balaban J connectivity index is 1.70. The first-order chi connectivity index (χ1) is 12.4. The molecule has 0 bridgehead atoms. The van der Waals surface area contributed by atoms with E-state index in [-0.39, 0.29) is 5.56 Å². The van der Waals surface area contributed by atoms with Gasteiger partial charge in [0.2, 0.25) is 0 Å². The molecular weight excluding hydrogens is 344 g/mol. The van der Waals surface area contributed by atoms with Gasteiger partial charge in [-0.15, -0.1) is 6.58 Å². The standard InChI is InChI=1S/C21H20F4O/c1-2-14-3-5-15(6-4-14)16-7-9-17(10-8-16)21(24,25)26-18-11-12-19(22)20(23)13-18/h2,7-15H,1,3-6H2. The minimum atomic E-state index is -3.64. The highest BCUT2D eigenvalue weighted by atomic mass is 19.3. The highest BCUT2D eigenvalue weighted by Crippen LogP contribution is 2.38. The molecule has 0 spiro atoms. The van der Waals surface area contributed by atoms with E-state index in [1.54, 1.807) is 12.1 Å². The summed E-state index contributed by atoms with van der Waals surface area (Å²) in [5.74, 6) is -1.87. The largest absolute Gasteiger partial charge is 0.429 e. The van der Waals surface area contributed by atoms with Crippen molar-refractivity contribution in [3.63, 3.8) is 0 Å². The molecule has 0 N–H and O–H groups in total. The van der Waals surface area contributed by atoms with Crippen LogP contribution in [0.15, 0.2) is 55.1 Å². The smallest absolute Gasteiger partial charge is 0.426 e. The van der Waals surface area contributed by atoms with Gasteiger partial charge in [0.25, 0.3) is 0 Å². The van der Waals surface area contributed by atoms with Crippen LogP contribution < -0.4 is 4.74 Å².